The SMILES string of the molecule is CCC(O)(c1cncnc1)c1ccc(-c2ccc(OC(F)(F)F)cc2)cn1. The maximum Gasteiger partial charge on any atom is 0.573 e. The number of ether oxygens (including phenoxy) is 1. The highest BCUT2D eigenvalue weighted by atomic mass is 19.4. The molecule has 5 nitrogen and oxygen atoms in total. The van der Waals surface area contributed by atoms with E-state index in [2.05, 4.69) is 19.7 Å². The third-order valence-corrected chi connectivity index (χ3v) is 4.16. The Bertz CT molecular complexity index is 885. The van der Waals surface area contributed by atoms with Crippen LogP contribution < -0.4 is 4.74 Å². The molecule has 8 heteroatoms. The summed E-state index contributed by atoms with van der Waals surface area (Å²) in [6.07, 6.45) is 1.64. The van der Waals surface area contributed by atoms with Gasteiger partial charge in [0, 0.05) is 29.7 Å². The van der Waals surface area contributed by atoms with E-state index in [1.165, 1.54) is 43.0 Å². The summed E-state index contributed by atoms with van der Waals surface area (Å²) in [4.78, 5) is 12.2. The van der Waals surface area contributed by atoms with E-state index in [0.717, 1.165) is 0 Å². The van der Waals surface area contributed by atoms with Gasteiger partial charge in [0.1, 0.15) is 17.7 Å². The van der Waals surface area contributed by atoms with Crippen molar-refractivity contribution in [2.45, 2.75) is 25.3 Å². The molecule has 1 aromatic carbocycles. The molecule has 0 aliphatic rings. The largest absolute Gasteiger partial charge is 0.573 e. The quantitative estimate of drug-likeness (QED) is 0.728. The summed E-state index contributed by atoms with van der Waals surface area (Å²) in [6, 6.07) is 8.91. The Labute approximate surface area is 153 Å². The Hall–Kier alpha value is -3.00. The van der Waals surface area contributed by atoms with Crippen LogP contribution in [0, 0.1) is 0 Å². The molecule has 27 heavy (non-hydrogen) atoms. The highest BCUT2D eigenvalue weighted by Gasteiger charge is 2.32. The van der Waals surface area contributed by atoms with Crippen LogP contribution in [0.5, 0.6) is 5.75 Å². The number of hydrogen-bond acceptors (Lipinski definition) is 5. The van der Waals surface area contributed by atoms with Crippen LogP contribution in [0.1, 0.15) is 24.6 Å². The number of benzene rings is 1. The van der Waals surface area contributed by atoms with Crippen molar-refractivity contribution in [3.8, 4) is 16.9 Å². The fourth-order valence-corrected chi connectivity index (χ4v) is 2.70. The third-order valence-electron chi connectivity index (χ3n) is 4.16. The van der Waals surface area contributed by atoms with Gasteiger partial charge in [-0.2, -0.15) is 0 Å². The Kier molecular flexibility index (Phi) is 5.09. The highest BCUT2D eigenvalue weighted by molar-refractivity contribution is 5.63. The zero-order valence-electron chi connectivity index (χ0n) is 14.3. The van der Waals surface area contributed by atoms with E-state index in [1.807, 2.05) is 6.92 Å². The zero-order chi connectivity index (χ0) is 19.5. The Morgan fingerprint density at radius 3 is 2.07 bits per heavy atom. The summed E-state index contributed by atoms with van der Waals surface area (Å²) >= 11 is 0. The average Bonchev–Trinajstić information content (AvgIpc) is 2.67. The summed E-state index contributed by atoms with van der Waals surface area (Å²) in [6.45, 7) is 1.82. The Morgan fingerprint density at radius 2 is 1.56 bits per heavy atom. The van der Waals surface area contributed by atoms with Gasteiger partial charge in [0.15, 0.2) is 0 Å². The molecule has 2 aromatic heterocycles. The van der Waals surface area contributed by atoms with Crippen molar-refractivity contribution in [1.82, 2.24) is 15.0 Å². The molecule has 1 atom stereocenters. The van der Waals surface area contributed by atoms with E-state index in [0.29, 0.717) is 28.8 Å². The first-order valence-corrected chi connectivity index (χ1v) is 8.12. The van der Waals surface area contributed by atoms with E-state index in [4.69, 9.17) is 0 Å². The van der Waals surface area contributed by atoms with Crippen molar-refractivity contribution >= 4 is 0 Å². The lowest BCUT2D eigenvalue weighted by Crippen LogP contribution is -2.27. The van der Waals surface area contributed by atoms with E-state index in [-0.39, 0.29) is 5.75 Å². The summed E-state index contributed by atoms with van der Waals surface area (Å²) in [5.41, 5.74) is 0.998. The molecule has 0 bridgehead atoms. The van der Waals surface area contributed by atoms with Gasteiger partial charge in [-0.3, -0.25) is 4.98 Å². The molecule has 3 rings (SSSR count). The minimum atomic E-state index is -4.73. The molecule has 1 N–H and O–H groups in total. The number of hydrogen-bond donors (Lipinski definition) is 1. The van der Waals surface area contributed by atoms with Crippen LogP contribution >= 0.6 is 0 Å². The topological polar surface area (TPSA) is 68.1 Å². The number of aliphatic hydroxyl groups is 1. The van der Waals surface area contributed by atoms with Crippen LogP contribution in [0.2, 0.25) is 0 Å². The van der Waals surface area contributed by atoms with Crippen molar-refractivity contribution in [2.75, 3.05) is 0 Å². The maximum absolute atomic E-state index is 12.2. The minimum Gasteiger partial charge on any atom is -0.406 e. The van der Waals surface area contributed by atoms with Crippen molar-refractivity contribution in [2.24, 2.45) is 0 Å². The van der Waals surface area contributed by atoms with Crippen LogP contribution in [0.25, 0.3) is 11.1 Å². The molecule has 3 aromatic rings. The molecule has 2 heterocycles. The minimum absolute atomic E-state index is 0.291. The molecule has 0 radical (unpaired) electrons. The van der Waals surface area contributed by atoms with Crippen LogP contribution in [-0.4, -0.2) is 26.4 Å². The van der Waals surface area contributed by atoms with Gasteiger partial charge in [0.05, 0.1) is 5.69 Å². The van der Waals surface area contributed by atoms with Gasteiger partial charge in [-0.15, -0.1) is 13.2 Å². The lowest BCUT2D eigenvalue weighted by molar-refractivity contribution is -0.274. The molecule has 0 amide bonds. The second-order valence-electron chi connectivity index (χ2n) is 5.85. The predicted molar refractivity (Wildman–Crippen MR) is 91.7 cm³/mol. The van der Waals surface area contributed by atoms with Gasteiger partial charge in [0.2, 0.25) is 0 Å². The number of halogens is 3. The van der Waals surface area contributed by atoms with Crippen molar-refractivity contribution in [3.63, 3.8) is 0 Å². The van der Waals surface area contributed by atoms with E-state index >= 15 is 0 Å². The molecule has 0 spiro atoms. The monoisotopic (exact) mass is 375 g/mol. The lowest BCUT2D eigenvalue weighted by Gasteiger charge is -2.26. The van der Waals surface area contributed by atoms with Crippen molar-refractivity contribution in [1.29, 1.82) is 0 Å². The van der Waals surface area contributed by atoms with Crippen LogP contribution in [0.3, 0.4) is 0 Å². The molecular formula is C19H16F3N3O2. The number of pyridine rings is 1. The third kappa shape index (κ3) is 4.22. The second kappa shape index (κ2) is 7.32. The Balaban J connectivity index is 1.85. The first-order valence-electron chi connectivity index (χ1n) is 8.12. The zero-order valence-corrected chi connectivity index (χ0v) is 14.3. The van der Waals surface area contributed by atoms with Gasteiger partial charge in [0.25, 0.3) is 0 Å². The second-order valence-corrected chi connectivity index (χ2v) is 5.85. The van der Waals surface area contributed by atoms with Gasteiger partial charge in [-0.25, -0.2) is 9.97 Å². The first kappa shape index (κ1) is 18.8. The van der Waals surface area contributed by atoms with Gasteiger partial charge < -0.3 is 9.84 Å². The smallest absolute Gasteiger partial charge is 0.406 e. The van der Waals surface area contributed by atoms with E-state index in [1.54, 1.807) is 18.3 Å². The average molecular weight is 375 g/mol. The maximum atomic E-state index is 12.2. The fourth-order valence-electron chi connectivity index (χ4n) is 2.70. The first-order chi connectivity index (χ1) is 12.8. The Morgan fingerprint density at radius 1 is 0.926 bits per heavy atom. The number of nitrogens with zero attached hydrogens (tertiary/aromatic N) is 3. The number of alkyl halides is 3. The molecule has 0 saturated carbocycles. The van der Waals surface area contributed by atoms with E-state index in [9.17, 15) is 18.3 Å². The summed E-state index contributed by atoms with van der Waals surface area (Å²) < 4.78 is 40.5. The fraction of sp³-hybridized carbons (Fsp3) is 0.211. The molecule has 0 aliphatic heterocycles. The molecule has 1 unspecified atom stereocenters. The molecule has 0 aliphatic carbocycles. The standard InChI is InChI=1S/C19H16F3N3O2/c1-2-18(26,15-10-23-12-24-11-15)17-8-5-14(9-25-17)13-3-6-16(7-4-13)27-19(20,21)22/h3-12,26H,2H2,1H3. The highest BCUT2D eigenvalue weighted by Crippen LogP contribution is 2.32. The van der Waals surface area contributed by atoms with E-state index < -0.39 is 12.0 Å². The summed E-state index contributed by atoms with van der Waals surface area (Å²) in [5, 5.41) is 11.0. The van der Waals surface area contributed by atoms with Crippen molar-refractivity contribution in [3.05, 3.63) is 72.6 Å². The van der Waals surface area contributed by atoms with Gasteiger partial charge in [-0.1, -0.05) is 25.1 Å². The van der Waals surface area contributed by atoms with Crippen molar-refractivity contribution < 1.29 is 23.0 Å². The molecule has 0 fully saturated rings. The van der Waals surface area contributed by atoms with Crippen LogP contribution in [0.15, 0.2) is 61.3 Å². The summed E-state index contributed by atoms with van der Waals surface area (Å²) in [7, 11) is 0. The van der Waals surface area contributed by atoms with Crippen LogP contribution in [0.4, 0.5) is 13.2 Å². The lowest BCUT2D eigenvalue weighted by atomic mass is 9.89. The molecular weight excluding hydrogens is 359 g/mol. The molecule has 0 saturated heterocycles. The summed E-state index contributed by atoms with van der Waals surface area (Å²) in [5.74, 6) is -0.291. The number of rotatable bonds is 5. The van der Waals surface area contributed by atoms with Gasteiger partial charge in [-0.05, 0) is 30.2 Å². The normalized spacial score (nSPS) is 13.8. The molecule has 140 valence electrons. The van der Waals surface area contributed by atoms with Gasteiger partial charge >= 0.3 is 6.36 Å². The predicted octanol–water partition coefficient (Wildman–Crippen LogP) is 4.08. The number of aromatic nitrogens is 3. The van der Waals surface area contributed by atoms with Crippen LogP contribution in [-0.2, 0) is 5.60 Å².